The number of nitrogens with one attached hydrogen (secondary N) is 1. The van der Waals surface area contributed by atoms with Crippen molar-refractivity contribution in [2.75, 3.05) is 0 Å². The summed E-state index contributed by atoms with van der Waals surface area (Å²) in [6.07, 6.45) is 0. The first-order valence-electron chi connectivity index (χ1n) is 7.69. The molecule has 0 aliphatic heterocycles. The van der Waals surface area contributed by atoms with Gasteiger partial charge in [-0.25, -0.2) is 0 Å². The monoisotopic (exact) mass is 404 g/mol. The highest BCUT2D eigenvalue weighted by Gasteiger charge is 2.83. The lowest BCUT2D eigenvalue weighted by Crippen LogP contribution is -2.31. The molecule has 0 radical (unpaired) electrons. The maximum absolute atomic E-state index is 10.0. The molecule has 126 valence electrons. The van der Waals surface area contributed by atoms with Crippen LogP contribution in [-0.2, 0) is 0 Å². The highest BCUT2D eigenvalue weighted by Crippen LogP contribution is 2.76. The first kappa shape index (κ1) is 19.0. The third-order valence-corrected chi connectivity index (χ3v) is 4.91. The van der Waals surface area contributed by atoms with Crippen molar-refractivity contribution in [3.63, 3.8) is 0 Å². The maximum atomic E-state index is 10.0. The van der Waals surface area contributed by atoms with E-state index in [0.717, 1.165) is 4.47 Å². The van der Waals surface area contributed by atoms with Crippen LogP contribution in [0, 0.1) is 67.5 Å². The van der Waals surface area contributed by atoms with Gasteiger partial charge in [-0.2, -0.15) is 26.3 Å². The summed E-state index contributed by atoms with van der Waals surface area (Å²) < 4.78 is 0.738. The molecule has 2 atom stereocenters. The zero-order valence-corrected chi connectivity index (χ0v) is 15.7. The van der Waals surface area contributed by atoms with Gasteiger partial charge in [0.2, 0.25) is 0 Å². The van der Waals surface area contributed by atoms with E-state index in [9.17, 15) is 26.3 Å². The van der Waals surface area contributed by atoms with Gasteiger partial charge in [-0.3, -0.25) is 0 Å². The quantitative estimate of drug-likeness (QED) is 0.764. The molecule has 0 unspecified atom stereocenters. The summed E-state index contributed by atoms with van der Waals surface area (Å²) in [4.78, 5) is 0. The molecule has 0 spiro atoms. The second-order valence-corrected chi connectivity index (χ2v) is 7.13. The minimum absolute atomic E-state index is 0.0353. The Hall–Kier alpha value is -3.31. The number of halogens is 1. The largest absolute Gasteiger partial charge is 0.383 e. The molecular weight excluding hydrogens is 392 g/mol. The second-order valence-electron chi connectivity index (χ2n) is 6.21. The van der Waals surface area contributed by atoms with Gasteiger partial charge in [0.25, 0.3) is 0 Å². The molecule has 0 aromatic heterocycles. The van der Waals surface area contributed by atoms with Gasteiger partial charge in [-0.1, -0.05) is 28.1 Å². The molecule has 1 aliphatic carbocycles. The molecule has 1 N–H and O–H groups in total. The van der Waals surface area contributed by atoms with E-state index in [4.69, 9.17) is 0 Å². The molecule has 1 aliphatic rings. The number of hydrogen-bond donors (Lipinski definition) is 1. The highest BCUT2D eigenvalue weighted by molar-refractivity contribution is 9.10. The van der Waals surface area contributed by atoms with Crippen molar-refractivity contribution >= 4 is 15.9 Å². The van der Waals surface area contributed by atoms with Gasteiger partial charge in [0.15, 0.2) is 5.41 Å². The lowest BCUT2D eigenvalue weighted by molar-refractivity contribution is 0.551. The lowest BCUT2D eigenvalue weighted by atomic mass is 9.89. The van der Waals surface area contributed by atoms with Gasteiger partial charge in [0.05, 0.1) is 23.9 Å². The van der Waals surface area contributed by atoms with E-state index < -0.39 is 16.7 Å². The SMILES string of the molecule is CC(C)NC(=C(C#N)C#N)[C@@]1(C#N)[C@H](c2cccc(Br)c2)C1(C#N)C#N. The van der Waals surface area contributed by atoms with E-state index in [1.807, 2.05) is 12.1 Å². The zero-order valence-electron chi connectivity index (χ0n) is 14.1. The van der Waals surface area contributed by atoms with Gasteiger partial charge in [0.1, 0.15) is 23.1 Å². The van der Waals surface area contributed by atoms with Crippen molar-refractivity contribution in [3.8, 4) is 30.3 Å². The number of hydrogen-bond acceptors (Lipinski definition) is 6. The molecule has 1 saturated carbocycles. The molecule has 1 aromatic rings. The normalized spacial score (nSPS) is 21.9. The standard InChI is InChI=1S/C19H13BrN6/c1-12(2)26-17(14(7-21)8-22)19(11-25)16(18(19,9-23)10-24)13-4-3-5-15(20)6-13/h3-6,12,16,26H,1-2H3/t16-,19-/m1/s1. The van der Waals surface area contributed by atoms with Gasteiger partial charge in [-0.05, 0) is 31.5 Å². The van der Waals surface area contributed by atoms with E-state index in [-0.39, 0.29) is 17.3 Å². The first-order valence-corrected chi connectivity index (χ1v) is 8.48. The van der Waals surface area contributed by atoms with E-state index in [0.29, 0.717) is 5.56 Å². The molecule has 0 amide bonds. The zero-order chi connectivity index (χ0) is 19.5. The number of allylic oxidation sites excluding steroid dienone is 2. The Bertz CT molecular complexity index is 959. The summed E-state index contributed by atoms with van der Waals surface area (Å²) in [5.41, 5.74) is -2.97. The first-order chi connectivity index (χ1) is 12.4. The average molecular weight is 405 g/mol. The summed E-state index contributed by atoms with van der Waals surface area (Å²) in [5, 5.41) is 51.3. The van der Waals surface area contributed by atoms with E-state index in [1.54, 1.807) is 50.3 Å². The van der Waals surface area contributed by atoms with Crippen molar-refractivity contribution in [2.45, 2.75) is 25.8 Å². The molecule has 0 bridgehead atoms. The predicted octanol–water partition coefficient (Wildman–Crippen LogP) is 3.39. The Balaban J connectivity index is 2.84. The van der Waals surface area contributed by atoms with Crippen LogP contribution in [0.25, 0.3) is 0 Å². The Morgan fingerprint density at radius 2 is 1.69 bits per heavy atom. The average Bonchev–Trinajstić information content (AvgIpc) is 3.25. The van der Waals surface area contributed by atoms with Crippen LogP contribution in [0.15, 0.2) is 40.0 Å². The summed E-state index contributed by atoms with van der Waals surface area (Å²) in [7, 11) is 0. The van der Waals surface area contributed by atoms with Gasteiger partial charge in [0, 0.05) is 16.4 Å². The minimum Gasteiger partial charge on any atom is -0.383 e. The van der Waals surface area contributed by atoms with E-state index in [2.05, 4.69) is 27.3 Å². The van der Waals surface area contributed by atoms with Gasteiger partial charge >= 0.3 is 0 Å². The van der Waals surface area contributed by atoms with Crippen molar-refractivity contribution in [1.82, 2.24) is 5.32 Å². The lowest BCUT2D eigenvalue weighted by Gasteiger charge is -2.20. The minimum atomic E-state index is -1.70. The Labute approximate surface area is 160 Å². The summed E-state index contributed by atoms with van der Waals surface area (Å²) >= 11 is 3.35. The van der Waals surface area contributed by atoms with Crippen LogP contribution in [0.4, 0.5) is 0 Å². The van der Waals surface area contributed by atoms with Crippen LogP contribution in [0.5, 0.6) is 0 Å². The second kappa shape index (κ2) is 6.90. The fourth-order valence-electron chi connectivity index (χ4n) is 3.35. The molecule has 2 rings (SSSR count). The number of rotatable bonds is 4. The fraction of sp³-hybridized carbons (Fsp3) is 0.316. The molecule has 7 heteroatoms. The maximum Gasteiger partial charge on any atom is 0.177 e. The number of benzene rings is 1. The van der Waals surface area contributed by atoms with Crippen LogP contribution >= 0.6 is 15.9 Å². The van der Waals surface area contributed by atoms with E-state index in [1.165, 1.54) is 0 Å². The third kappa shape index (κ3) is 2.50. The van der Waals surface area contributed by atoms with Crippen LogP contribution in [0.3, 0.4) is 0 Å². The Morgan fingerprint density at radius 3 is 2.12 bits per heavy atom. The molecule has 1 fully saturated rings. The number of nitriles is 5. The summed E-state index contributed by atoms with van der Waals surface area (Å²) in [6.45, 7) is 3.57. The Morgan fingerprint density at radius 1 is 1.08 bits per heavy atom. The van der Waals surface area contributed by atoms with Crippen LogP contribution in [0.2, 0.25) is 0 Å². The van der Waals surface area contributed by atoms with E-state index >= 15 is 0 Å². The Kier molecular flexibility index (Phi) is 5.05. The van der Waals surface area contributed by atoms with Gasteiger partial charge < -0.3 is 5.32 Å². The predicted molar refractivity (Wildman–Crippen MR) is 95.1 cm³/mol. The highest BCUT2D eigenvalue weighted by atomic mass is 79.9. The third-order valence-electron chi connectivity index (χ3n) is 4.42. The van der Waals surface area contributed by atoms with Crippen LogP contribution in [0.1, 0.15) is 25.3 Å². The molecule has 0 heterocycles. The molecule has 0 saturated heterocycles. The smallest absolute Gasteiger partial charge is 0.177 e. The van der Waals surface area contributed by atoms with Crippen molar-refractivity contribution in [1.29, 1.82) is 26.3 Å². The van der Waals surface area contributed by atoms with Crippen molar-refractivity contribution in [2.24, 2.45) is 10.8 Å². The molecule has 26 heavy (non-hydrogen) atoms. The molecular formula is C19H13BrN6. The summed E-state index contributed by atoms with van der Waals surface area (Å²) in [5.74, 6) is -0.787. The number of nitrogens with zero attached hydrogens (tertiary/aromatic N) is 5. The topological polar surface area (TPSA) is 131 Å². The van der Waals surface area contributed by atoms with Crippen LogP contribution in [-0.4, -0.2) is 6.04 Å². The molecule has 6 nitrogen and oxygen atoms in total. The van der Waals surface area contributed by atoms with Crippen molar-refractivity contribution in [3.05, 3.63) is 45.6 Å². The van der Waals surface area contributed by atoms with Crippen molar-refractivity contribution < 1.29 is 0 Å². The van der Waals surface area contributed by atoms with Crippen LogP contribution < -0.4 is 5.32 Å². The molecule has 1 aromatic carbocycles. The van der Waals surface area contributed by atoms with Gasteiger partial charge in [-0.15, -0.1) is 0 Å². The fourth-order valence-corrected chi connectivity index (χ4v) is 3.77. The summed E-state index contributed by atoms with van der Waals surface area (Å²) in [6, 6.07) is 16.4.